The van der Waals surface area contributed by atoms with E-state index in [1.807, 2.05) is 0 Å². The van der Waals surface area contributed by atoms with Gasteiger partial charge in [-0.1, -0.05) is 15.9 Å². The molecule has 0 spiro atoms. The van der Waals surface area contributed by atoms with Gasteiger partial charge in [0.05, 0.1) is 10.5 Å². The molecular formula is C12H13BrF3NO2S. The summed E-state index contributed by atoms with van der Waals surface area (Å²) in [6, 6.07) is 3.03. The van der Waals surface area contributed by atoms with Crippen molar-refractivity contribution in [1.29, 1.82) is 0 Å². The molecule has 1 N–H and O–H groups in total. The van der Waals surface area contributed by atoms with E-state index in [-0.39, 0.29) is 4.47 Å². The number of hydrogen-bond donors (Lipinski definition) is 1. The normalized spacial score (nSPS) is 18.6. The lowest BCUT2D eigenvalue weighted by Gasteiger charge is -2.38. The summed E-state index contributed by atoms with van der Waals surface area (Å²) >= 11 is 2.93. The lowest BCUT2D eigenvalue weighted by molar-refractivity contribution is -0.139. The highest BCUT2D eigenvalue weighted by molar-refractivity contribution is 9.10. The van der Waals surface area contributed by atoms with Crippen LogP contribution in [0.15, 0.2) is 27.6 Å². The second-order valence-corrected chi connectivity index (χ2v) is 7.72. The third kappa shape index (κ3) is 3.17. The highest BCUT2D eigenvalue weighted by atomic mass is 79.9. The molecule has 0 saturated heterocycles. The minimum Gasteiger partial charge on any atom is -0.207 e. The fraction of sp³-hybridized carbons (Fsp3) is 0.500. The van der Waals surface area contributed by atoms with Gasteiger partial charge in [0, 0.05) is 10.0 Å². The van der Waals surface area contributed by atoms with Gasteiger partial charge in [-0.3, -0.25) is 0 Å². The molecule has 0 aliphatic heterocycles. The quantitative estimate of drug-likeness (QED) is 0.880. The molecule has 1 fully saturated rings. The van der Waals surface area contributed by atoms with E-state index in [2.05, 4.69) is 20.7 Å². The lowest BCUT2D eigenvalue weighted by atomic mass is 9.80. The Kier molecular flexibility index (Phi) is 3.94. The van der Waals surface area contributed by atoms with Crippen LogP contribution in [0.5, 0.6) is 0 Å². The molecule has 2 rings (SSSR count). The molecule has 1 saturated carbocycles. The van der Waals surface area contributed by atoms with Crippen LogP contribution >= 0.6 is 15.9 Å². The number of halogens is 4. The van der Waals surface area contributed by atoms with Gasteiger partial charge in [-0.2, -0.15) is 13.2 Å². The second-order valence-electron chi connectivity index (χ2n) is 5.16. The van der Waals surface area contributed by atoms with Crippen molar-refractivity contribution in [2.75, 3.05) is 0 Å². The summed E-state index contributed by atoms with van der Waals surface area (Å²) in [5.41, 5.74) is -1.81. The van der Waals surface area contributed by atoms with E-state index in [9.17, 15) is 21.6 Å². The number of alkyl halides is 3. The van der Waals surface area contributed by atoms with Crippen molar-refractivity contribution in [3.8, 4) is 0 Å². The molecule has 8 heteroatoms. The molecule has 1 aromatic carbocycles. The first-order valence-electron chi connectivity index (χ1n) is 5.94. The number of sulfonamides is 1. The monoisotopic (exact) mass is 371 g/mol. The highest BCUT2D eigenvalue weighted by Crippen LogP contribution is 2.38. The van der Waals surface area contributed by atoms with Crippen LogP contribution in [-0.2, 0) is 16.2 Å². The second kappa shape index (κ2) is 4.99. The van der Waals surface area contributed by atoms with Crippen LogP contribution in [0.1, 0.15) is 31.7 Å². The zero-order chi connectivity index (χ0) is 15.2. The van der Waals surface area contributed by atoms with Gasteiger partial charge in [-0.05, 0) is 44.4 Å². The number of rotatable bonds is 3. The van der Waals surface area contributed by atoms with Gasteiger partial charge < -0.3 is 0 Å². The molecule has 20 heavy (non-hydrogen) atoms. The topological polar surface area (TPSA) is 46.2 Å². The smallest absolute Gasteiger partial charge is 0.207 e. The van der Waals surface area contributed by atoms with E-state index < -0.39 is 32.2 Å². The summed E-state index contributed by atoms with van der Waals surface area (Å²) in [4.78, 5) is -0.735. The Morgan fingerprint density at radius 2 is 1.90 bits per heavy atom. The summed E-state index contributed by atoms with van der Waals surface area (Å²) in [6.45, 7) is 1.69. The standard InChI is InChI=1S/C12H13BrF3NO2S/c1-11(5-2-6-11)17-20(18,19)10-4-3-8(13)7-9(10)12(14,15)16/h3-4,7,17H,2,5-6H2,1H3. The zero-order valence-electron chi connectivity index (χ0n) is 10.6. The van der Waals surface area contributed by atoms with E-state index >= 15 is 0 Å². The first-order valence-corrected chi connectivity index (χ1v) is 8.22. The Morgan fingerprint density at radius 1 is 1.30 bits per heavy atom. The minimum atomic E-state index is -4.73. The molecule has 0 radical (unpaired) electrons. The molecule has 0 atom stereocenters. The van der Waals surface area contributed by atoms with Crippen LogP contribution in [0, 0.1) is 0 Å². The Balaban J connectivity index is 2.46. The molecule has 0 aromatic heterocycles. The predicted molar refractivity (Wildman–Crippen MR) is 71.7 cm³/mol. The van der Waals surface area contributed by atoms with E-state index in [4.69, 9.17) is 0 Å². The van der Waals surface area contributed by atoms with E-state index in [1.54, 1.807) is 6.92 Å². The van der Waals surface area contributed by atoms with Crippen molar-refractivity contribution in [3.05, 3.63) is 28.2 Å². The fourth-order valence-corrected chi connectivity index (χ4v) is 4.18. The fourth-order valence-electron chi connectivity index (χ4n) is 2.15. The van der Waals surface area contributed by atoms with Crippen molar-refractivity contribution in [2.45, 2.75) is 42.8 Å². The molecule has 0 heterocycles. The summed E-state index contributed by atoms with van der Waals surface area (Å²) in [5.74, 6) is 0. The molecule has 0 amide bonds. The minimum absolute atomic E-state index is 0.179. The largest absolute Gasteiger partial charge is 0.417 e. The Labute approximate surface area is 123 Å². The maximum atomic E-state index is 13.0. The van der Waals surface area contributed by atoms with Gasteiger partial charge in [0.2, 0.25) is 10.0 Å². The zero-order valence-corrected chi connectivity index (χ0v) is 13.0. The van der Waals surface area contributed by atoms with Crippen molar-refractivity contribution in [1.82, 2.24) is 4.72 Å². The van der Waals surface area contributed by atoms with Crippen LogP contribution in [0.2, 0.25) is 0 Å². The van der Waals surface area contributed by atoms with Gasteiger partial charge in [-0.15, -0.1) is 0 Å². The lowest BCUT2D eigenvalue weighted by Crippen LogP contribution is -2.51. The van der Waals surface area contributed by atoms with E-state index in [0.717, 1.165) is 18.6 Å². The van der Waals surface area contributed by atoms with Gasteiger partial charge in [0.25, 0.3) is 0 Å². The van der Waals surface area contributed by atoms with Gasteiger partial charge in [0.15, 0.2) is 0 Å². The Morgan fingerprint density at radius 3 is 2.35 bits per heavy atom. The van der Waals surface area contributed by atoms with Crippen molar-refractivity contribution >= 4 is 26.0 Å². The summed E-state index contributed by atoms with van der Waals surface area (Å²) in [6.07, 6.45) is -2.60. The maximum Gasteiger partial charge on any atom is 0.417 e. The van der Waals surface area contributed by atoms with E-state index in [1.165, 1.54) is 6.07 Å². The third-order valence-electron chi connectivity index (χ3n) is 3.37. The van der Waals surface area contributed by atoms with Gasteiger partial charge in [0.1, 0.15) is 0 Å². The van der Waals surface area contributed by atoms with Crippen LogP contribution in [-0.4, -0.2) is 14.0 Å². The van der Waals surface area contributed by atoms with E-state index in [0.29, 0.717) is 12.8 Å². The van der Waals surface area contributed by atoms with Gasteiger partial charge >= 0.3 is 6.18 Å². The highest BCUT2D eigenvalue weighted by Gasteiger charge is 2.41. The summed E-state index contributed by atoms with van der Waals surface area (Å²) in [5, 5.41) is 0. The molecular weight excluding hydrogens is 359 g/mol. The maximum absolute atomic E-state index is 13.0. The first-order chi connectivity index (χ1) is 9.04. The van der Waals surface area contributed by atoms with Crippen LogP contribution in [0.25, 0.3) is 0 Å². The third-order valence-corrected chi connectivity index (χ3v) is 5.56. The molecule has 112 valence electrons. The average molecular weight is 372 g/mol. The number of hydrogen-bond acceptors (Lipinski definition) is 2. The summed E-state index contributed by atoms with van der Waals surface area (Å²) < 4.78 is 65.9. The van der Waals surface area contributed by atoms with Crippen LogP contribution in [0.3, 0.4) is 0 Å². The van der Waals surface area contributed by atoms with Crippen molar-refractivity contribution in [3.63, 3.8) is 0 Å². The van der Waals surface area contributed by atoms with Crippen molar-refractivity contribution < 1.29 is 21.6 Å². The molecule has 0 bridgehead atoms. The van der Waals surface area contributed by atoms with Gasteiger partial charge in [-0.25, -0.2) is 13.1 Å². The van der Waals surface area contributed by atoms with Crippen molar-refractivity contribution in [2.24, 2.45) is 0 Å². The molecule has 1 aliphatic rings. The van der Waals surface area contributed by atoms with Crippen LogP contribution in [0.4, 0.5) is 13.2 Å². The molecule has 0 unspecified atom stereocenters. The molecule has 3 nitrogen and oxygen atoms in total. The molecule has 1 aliphatic carbocycles. The Hall–Kier alpha value is -0.600. The van der Waals surface area contributed by atoms with Crippen LogP contribution < -0.4 is 4.72 Å². The average Bonchev–Trinajstić information content (AvgIpc) is 2.24. The number of benzene rings is 1. The molecule has 1 aromatic rings. The Bertz CT molecular complexity index is 624. The SMILES string of the molecule is CC1(NS(=O)(=O)c2ccc(Br)cc2C(F)(F)F)CCC1. The first kappa shape index (κ1) is 15.8. The number of nitrogens with one attached hydrogen (secondary N) is 1. The summed E-state index contributed by atoms with van der Waals surface area (Å²) in [7, 11) is -4.20. The predicted octanol–water partition coefficient (Wildman–Crippen LogP) is 3.69.